The van der Waals surface area contributed by atoms with E-state index >= 15 is 0 Å². The molecular weight excluding hydrogens is 396 g/mol. The summed E-state index contributed by atoms with van der Waals surface area (Å²) < 4.78 is 5.72. The lowest BCUT2D eigenvalue weighted by Crippen LogP contribution is -2.65. The smallest absolute Gasteiger partial charge is 0.334 e. The van der Waals surface area contributed by atoms with Crippen LogP contribution in [-0.4, -0.2) is 51.5 Å². The van der Waals surface area contributed by atoms with Crippen LogP contribution in [0.1, 0.15) is 48.0 Å². The Hall–Kier alpha value is -1.76. The third kappa shape index (κ3) is 2.61. The van der Waals surface area contributed by atoms with Crippen LogP contribution in [-0.2, 0) is 14.3 Å². The Bertz CT molecular complexity index is 926. The second-order valence-corrected chi connectivity index (χ2v) is 10.6. The van der Waals surface area contributed by atoms with Gasteiger partial charge in [0.1, 0.15) is 6.10 Å². The van der Waals surface area contributed by atoms with Gasteiger partial charge in [-0.05, 0) is 61.5 Å². The first-order chi connectivity index (χ1) is 14.4. The lowest BCUT2D eigenvalue weighted by molar-refractivity contribution is -0.201. The molecule has 0 aromatic rings. The topological polar surface area (TPSA) is 104 Å². The molecule has 0 radical (unpaired) electrons. The minimum Gasteiger partial charge on any atom is -0.451 e. The Balaban J connectivity index is 1.91. The number of hydrogen-bond donors (Lipinski definition) is 3. The summed E-state index contributed by atoms with van der Waals surface area (Å²) in [5, 5.41) is 33.7. The number of ketones is 1. The lowest BCUT2D eigenvalue weighted by Gasteiger charge is -2.48. The second kappa shape index (κ2) is 6.87. The fourth-order valence-electron chi connectivity index (χ4n) is 6.91. The number of esters is 1. The summed E-state index contributed by atoms with van der Waals surface area (Å²) in [6.07, 6.45) is 3.04. The van der Waals surface area contributed by atoms with Crippen molar-refractivity contribution in [3.63, 3.8) is 0 Å². The van der Waals surface area contributed by atoms with Crippen molar-refractivity contribution in [1.82, 2.24) is 0 Å². The molecule has 0 heterocycles. The maximum absolute atomic E-state index is 14.2. The maximum Gasteiger partial charge on any atom is 0.334 e. The highest BCUT2D eigenvalue weighted by Crippen LogP contribution is 2.71. The summed E-state index contributed by atoms with van der Waals surface area (Å²) in [6.45, 7) is 10.8. The average molecular weight is 431 g/mol. The number of ether oxygens (including phenoxy) is 1. The van der Waals surface area contributed by atoms with Crippen molar-refractivity contribution in [3.05, 3.63) is 34.9 Å². The number of carbonyl (C=O) groups excluding carboxylic acids is 2. The molecule has 4 rings (SSSR count). The first kappa shape index (κ1) is 22.4. The fraction of sp³-hybridized carbons (Fsp3) is 0.680. The van der Waals surface area contributed by atoms with E-state index in [9.17, 15) is 24.9 Å². The van der Waals surface area contributed by atoms with Crippen LogP contribution in [0.25, 0.3) is 0 Å². The molecule has 2 fully saturated rings. The van der Waals surface area contributed by atoms with E-state index in [2.05, 4.69) is 13.8 Å². The normalized spacial score (nSPS) is 45.6. The summed E-state index contributed by atoms with van der Waals surface area (Å²) in [6, 6.07) is 0. The van der Waals surface area contributed by atoms with E-state index in [1.54, 1.807) is 39.0 Å². The Kier molecular flexibility index (Phi) is 4.97. The highest BCUT2D eigenvalue weighted by molar-refractivity contribution is 5.96. The minimum atomic E-state index is -2.08. The van der Waals surface area contributed by atoms with Crippen LogP contribution in [0.5, 0.6) is 0 Å². The van der Waals surface area contributed by atoms with E-state index in [4.69, 9.17) is 4.74 Å². The van der Waals surface area contributed by atoms with Gasteiger partial charge in [-0.2, -0.15) is 0 Å². The Morgan fingerprint density at radius 1 is 1.35 bits per heavy atom. The Morgan fingerprint density at radius 3 is 2.58 bits per heavy atom. The van der Waals surface area contributed by atoms with E-state index in [-0.39, 0.29) is 28.6 Å². The zero-order valence-electron chi connectivity index (χ0n) is 19.2. The van der Waals surface area contributed by atoms with E-state index in [0.717, 1.165) is 6.42 Å². The number of aliphatic hydroxyl groups is 3. The summed E-state index contributed by atoms with van der Waals surface area (Å²) >= 11 is 0. The molecule has 31 heavy (non-hydrogen) atoms. The molecule has 170 valence electrons. The van der Waals surface area contributed by atoms with Crippen LogP contribution in [0.15, 0.2) is 34.9 Å². The first-order valence-corrected chi connectivity index (χ1v) is 11.2. The van der Waals surface area contributed by atoms with E-state index < -0.39 is 41.7 Å². The van der Waals surface area contributed by atoms with Crippen molar-refractivity contribution in [2.45, 2.75) is 65.8 Å². The van der Waals surface area contributed by atoms with Gasteiger partial charge in [0.15, 0.2) is 17.5 Å². The molecule has 0 aromatic carbocycles. The molecule has 0 saturated heterocycles. The number of Topliss-reactive ketones (excluding diaryl/α,β-unsaturated/α-hetero) is 1. The standard InChI is InChI=1S/C25H34O6/c1-7-12(2)22(29)31-21-13(3)10-24-14(4)8-17-18(23(17,5)6)16(20(24)28)9-15(11-26)19(27)25(21,24)30/h7,9-10,14,16-19,21,26-27,30H,8,11H2,1-6H3/b12-7-/t14-,16?,17?,18?,19?,21?,24?,25?/m1/s1. The number of carbonyl (C=O) groups is 2. The van der Waals surface area contributed by atoms with Gasteiger partial charge in [0.05, 0.1) is 12.0 Å². The summed E-state index contributed by atoms with van der Waals surface area (Å²) in [5.74, 6) is -1.13. The fourth-order valence-corrected chi connectivity index (χ4v) is 6.91. The summed E-state index contributed by atoms with van der Waals surface area (Å²) in [5.41, 5.74) is -2.36. The van der Waals surface area contributed by atoms with Crippen LogP contribution in [0.3, 0.4) is 0 Å². The van der Waals surface area contributed by atoms with Gasteiger partial charge in [0.2, 0.25) is 0 Å². The van der Waals surface area contributed by atoms with Crippen molar-refractivity contribution in [2.24, 2.45) is 34.5 Å². The van der Waals surface area contributed by atoms with Crippen molar-refractivity contribution in [1.29, 1.82) is 0 Å². The van der Waals surface area contributed by atoms with Crippen molar-refractivity contribution in [3.8, 4) is 0 Å². The van der Waals surface area contributed by atoms with Crippen LogP contribution in [0.4, 0.5) is 0 Å². The van der Waals surface area contributed by atoms with Crippen LogP contribution < -0.4 is 0 Å². The quantitative estimate of drug-likeness (QED) is 0.361. The zero-order chi connectivity index (χ0) is 23.1. The first-order valence-electron chi connectivity index (χ1n) is 11.2. The van der Waals surface area contributed by atoms with E-state index in [1.807, 2.05) is 6.92 Å². The van der Waals surface area contributed by atoms with Crippen molar-refractivity contribution >= 4 is 11.8 Å². The Labute approximate surface area is 183 Å². The highest BCUT2D eigenvalue weighted by atomic mass is 16.6. The van der Waals surface area contributed by atoms with Gasteiger partial charge in [-0.15, -0.1) is 0 Å². The maximum atomic E-state index is 14.2. The largest absolute Gasteiger partial charge is 0.451 e. The number of fused-ring (bicyclic) bond motifs is 3. The van der Waals surface area contributed by atoms with E-state index in [1.165, 1.54) is 0 Å². The molecule has 0 aliphatic heterocycles. The molecule has 4 aliphatic rings. The molecule has 6 nitrogen and oxygen atoms in total. The molecular formula is C25H34O6. The molecule has 7 unspecified atom stereocenters. The SMILES string of the molecule is C/C=C(/C)C(=O)OC1C(C)=CC23C(=O)C(C=C(CO)C(O)C12O)C1C(C[C@H]3C)C1(C)C. The predicted molar refractivity (Wildman–Crippen MR) is 115 cm³/mol. The summed E-state index contributed by atoms with van der Waals surface area (Å²) in [4.78, 5) is 26.8. The third-order valence-corrected chi connectivity index (χ3v) is 8.88. The molecule has 2 bridgehead atoms. The monoisotopic (exact) mass is 430 g/mol. The number of allylic oxidation sites excluding steroid dienone is 2. The van der Waals surface area contributed by atoms with Crippen molar-refractivity contribution in [2.75, 3.05) is 6.61 Å². The molecule has 3 N–H and O–H groups in total. The van der Waals surface area contributed by atoms with Crippen LogP contribution in [0.2, 0.25) is 0 Å². The molecule has 8 atom stereocenters. The van der Waals surface area contributed by atoms with Gasteiger partial charge in [-0.25, -0.2) is 4.79 Å². The van der Waals surface area contributed by atoms with Gasteiger partial charge in [-0.3, -0.25) is 4.79 Å². The van der Waals surface area contributed by atoms with Gasteiger partial charge in [-0.1, -0.05) is 39.0 Å². The van der Waals surface area contributed by atoms with Gasteiger partial charge in [0, 0.05) is 11.5 Å². The predicted octanol–water partition coefficient (Wildman–Crippen LogP) is 2.33. The number of aliphatic hydroxyl groups excluding tert-OH is 2. The van der Waals surface area contributed by atoms with E-state index in [0.29, 0.717) is 17.1 Å². The van der Waals surface area contributed by atoms with Crippen molar-refractivity contribution < 1.29 is 29.6 Å². The molecule has 0 aromatic heterocycles. The molecule has 1 spiro atoms. The van der Waals surface area contributed by atoms with Crippen LogP contribution >= 0.6 is 0 Å². The highest BCUT2D eigenvalue weighted by Gasteiger charge is 2.76. The molecule has 6 heteroatoms. The number of rotatable bonds is 3. The molecule has 4 aliphatic carbocycles. The minimum absolute atomic E-state index is 0.0209. The Morgan fingerprint density at radius 2 is 2.00 bits per heavy atom. The number of hydrogen-bond acceptors (Lipinski definition) is 6. The van der Waals surface area contributed by atoms with Gasteiger partial charge >= 0.3 is 5.97 Å². The molecule has 2 saturated carbocycles. The third-order valence-electron chi connectivity index (χ3n) is 8.88. The summed E-state index contributed by atoms with van der Waals surface area (Å²) in [7, 11) is 0. The average Bonchev–Trinajstić information content (AvgIpc) is 3.21. The second-order valence-electron chi connectivity index (χ2n) is 10.6. The molecule has 0 amide bonds. The lowest BCUT2D eigenvalue weighted by atomic mass is 9.59. The zero-order valence-corrected chi connectivity index (χ0v) is 19.2. The van der Waals surface area contributed by atoms with Gasteiger partial charge in [0.25, 0.3) is 0 Å². The van der Waals surface area contributed by atoms with Gasteiger partial charge < -0.3 is 20.1 Å². The van der Waals surface area contributed by atoms with Crippen LogP contribution in [0, 0.1) is 34.5 Å².